The van der Waals surface area contributed by atoms with Gasteiger partial charge in [-0.1, -0.05) is 12.1 Å². The normalized spacial score (nSPS) is 13.9. The monoisotopic (exact) mass is 582 g/mol. The molecule has 1 aliphatic rings. The minimum atomic E-state index is -0.337. The molecule has 1 aliphatic heterocycles. The maximum absolute atomic E-state index is 12.8. The highest BCUT2D eigenvalue weighted by Gasteiger charge is 2.30. The number of unbranched alkanes of at least 4 members (excludes halogenated alkanes) is 2. The number of hydrogen-bond donors (Lipinski definition) is 3. The van der Waals surface area contributed by atoms with Crippen molar-refractivity contribution < 1.29 is 28.6 Å². The van der Waals surface area contributed by atoms with Crippen molar-refractivity contribution in [3.63, 3.8) is 0 Å². The maximum atomic E-state index is 12.8. The number of nitrogens with one attached hydrogen (secondary N) is 2. The second-order valence-corrected chi connectivity index (χ2v) is 10.7. The van der Waals surface area contributed by atoms with Gasteiger partial charge in [-0.25, -0.2) is 0 Å². The highest BCUT2D eigenvalue weighted by atomic mass is 16.5. The van der Waals surface area contributed by atoms with E-state index in [1.807, 2.05) is 56.3 Å². The molecule has 10 heteroatoms. The highest BCUT2D eigenvalue weighted by molar-refractivity contribution is 5.99. The first kappa shape index (κ1) is 33.0. The average Bonchev–Trinajstić information content (AvgIpc) is 3.31. The van der Waals surface area contributed by atoms with Crippen LogP contribution in [0, 0.1) is 0 Å². The summed E-state index contributed by atoms with van der Waals surface area (Å²) >= 11 is 0. The number of nitrogens with zero attached hydrogens (tertiary/aromatic N) is 1. The molecule has 0 aromatic heterocycles. The Balaban J connectivity index is 1.17. The maximum Gasteiger partial charge on any atom is 0.254 e. The summed E-state index contributed by atoms with van der Waals surface area (Å²) in [5, 5.41) is 5.49. The molecule has 0 saturated carbocycles. The van der Waals surface area contributed by atoms with Gasteiger partial charge in [-0.2, -0.15) is 0 Å². The minimum absolute atomic E-state index is 0.00584. The number of ether oxygens (including phenoxy) is 3. The first-order chi connectivity index (χ1) is 20.4. The smallest absolute Gasteiger partial charge is 0.254 e. The summed E-state index contributed by atoms with van der Waals surface area (Å²) in [5.41, 5.74) is 9.60. The largest absolute Gasteiger partial charge is 0.494 e. The molecule has 3 rings (SSSR count). The second-order valence-electron chi connectivity index (χ2n) is 10.7. The van der Waals surface area contributed by atoms with E-state index in [0.717, 1.165) is 54.9 Å². The zero-order valence-electron chi connectivity index (χ0n) is 24.9. The van der Waals surface area contributed by atoms with Crippen molar-refractivity contribution in [2.24, 2.45) is 5.73 Å². The number of rotatable bonds is 21. The van der Waals surface area contributed by atoms with Gasteiger partial charge in [0.1, 0.15) is 5.75 Å². The fraction of sp³-hybridized carbons (Fsp3) is 0.531. The van der Waals surface area contributed by atoms with Gasteiger partial charge < -0.3 is 30.2 Å². The SMILES string of the molecule is CC(N)c1cccc(OCCCCCOCCCOCCNc2ccc3c(c2)CN(C(C)CCC(=O)NC=O)C3=O)c1. The Morgan fingerprint density at radius 2 is 1.76 bits per heavy atom. The highest BCUT2D eigenvalue weighted by Crippen LogP contribution is 2.28. The van der Waals surface area contributed by atoms with Crippen LogP contribution >= 0.6 is 0 Å². The van der Waals surface area contributed by atoms with Crippen LogP contribution in [0.5, 0.6) is 5.75 Å². The van der Waals surface area contributed by atoms with Gasteiger partial charge in [-0.3, -0.25) is 19.7 Å². The van der Waals surface area contributed by atoms with Crippen molar-refractivity contribution in [3.8, 4) is 5.75 Å². The molecular formula is C32H46N4O6. The summed E-state index contributed by atoms with van der Waals surface area (Å²) < 4.78 is 17.3. The van der Waals surface area contributed by atoms with Crippen LogP contribution in [-0.4, -0.2) is 68.7 Å². The number of imide groups is 1. The van der Waals surface area contributed by atoms with Crippen molar-refractivity contribution in [1.29, 1.82) is 0 Å². The summed E-state index contributed by atoms with van der Waals surface area (Å²) in [7, 11) is 0. The van der Waals surface area contributed by atoms with Crippen LogP contribution in [0.1, 0.15) is 79.9 Å². The summed E-state index contributed by atoms with van der Waals surface area (Å²) in [6, 6.07) is 13.6. The van der Waals surface area contributed by atoms with Gasteiger partial charge in [0.15, 0.2) is 0 Å². The molecule has 10 nitrogen and oxygen atoms in total. The minimum Gasteiger partial charge on any atom is -0.494 e. The van der Waals surface area contributed by atoms with Crippen LogP contribution in [0.25, 0.3) is 0 Å². The molecule has 2 aromatic rings. The van der Waals surface area contributed by atoms with E-state index >= 15 is 0 Å². The molecule has 0 aliphatic carbocycles. The molecule has 1 heterocycles. The Labute approximate surface area is 249 Å². The van der Waals surface area contributed by atoms with E-state index in [1.54, 1.807) is 4.90 Å². The lowest BCUT2D eigenvalue weighted by Gasteiger charge is -2.23. The molecule has 0 fully saturated rings. The lowest BCUT2D eigenvalue weighted by Crippen LogP contribution is -2.34. The quantitative estimate of drug-likeness (QED) is 0.148. The third-order valence-electron chi connectivity index (χ3n) is 7.22. The number of carbonyl (C=O) groups excluding carboxylic acids is 3. The standard InChI is InChI=1S/C32H46N4O6/c1-24(10-13-31(38)35-23-37)36-22-27-20-28(11-12-30(27)32(36)39)34-14-19-41-17-7-16-40-15-4-3-5-18-42-29-9-6-8-26(21-29)25(2)33/h6,8-9,11-12,20-21,23-25,34H,3-5,7,10,13-19,22,33H2,1-2H3,(H,35,37,38). The summed E-state index contributed by atoms with van der Waals surface area (Å²) in [4.78, 5) is 36.5. The molecule has 0 bridgehead atoms. The molecule has 0 spiro atoms. The van der Waals surface area contributed by atoms with E-state index in [0.29, 0.717) is 57.9 Å². The molecule has 0 radical (unpaired) electrons. The number of nitrogens with two attached hydrogens (primary N) is 1. The Morgan fingerprint density at radius 1 is 1.00 bits per heavy atom. The van der Waals surface area contributed by atoms with Crippen LogP contribution in [0.15, 0.2) is 42.5 Å². The van der Waals surface area contributed by atoms with Gasteiger partial charge in [0.2, 0.25) is 12.3 Å². The first-order valence-electron chi connectivity index (χ1n) is 14.9. The van der Waals surface area contributed by atoms with Crippen molar-refractivity contribution in [2.45, 2.75) is 71.0 Å². The third kappa shape index (κ3) is 11.1. The van der Waals surface area contributed by atoms with Crippen LogP contribution in [-0.2, 0) is 25.6 Å². The van der Waals surface area contributed by atoms with Crippen LogP contribution in [0.3, 0.4) is 0 Å². The van der Waals surface area contributed by atoms with E-state index in [9.17, 15) is 14.4 Å². The van der Waals surface area contributed by atoms with Crippen LogP contribution in [0.2, 0.25) is 0 Å². The molecule has 2 aromatic carbocycles. The van der Waals surface area contributed by atoms with Crippen molar-refractivity contribution in [1.82, 2.24) is 10.2 Å². The van der Waals surface area contributed by atoms with Crippen molar-refractivity contribution in [2.75, 3.05) is 44.9 Å². The van der Waals surface area contributed by atoms with E-state index in [4.69, 9.17) is 19.9 Å². The van der Waals surface area contributed by atoms with Gasteiger partial charge in [-0.15, -0.1) is 0 Å². The second kappa shape index (κ2) is 18.1. The Morgan fingerprint density at radius 3 is 2.55 bits per heavy atom. The first-order valence-corrected chi connectivity index (χ1v) is 14.9. The topological polar surface area (TPSA) is 132 Å². The van der Waals surface area contributed by atoms with E-state index < -0.39 is 0 Å². The molecule has 0 saturated heterocycles. The predicted octanol–water partition coefficient (Wildman–Crippen LogP) is 4.19. The fourth-order valence-electron chi connectivity index (χ4n) is 4.74. The van der Waals surface area contributed by atoms with Gasteiger partial charge >= 0.3 is 0 Å². The van der Waals surface area contributed by atoms with Gasteiger partial charge in [0.25, 0.3) is 5.91 Å². The Hall–Kier alpha value is -3.47. The average molecular weight is 583 g/mol. The molecule has 2 atom stereocenters. The molecule has 4 N–H and O–H groups in total. The molecule has 3 amide bonds. The molecule has 2 unspecified atom stereocenters. The van der Waals surface area contributed by atoms with Gasteiger partial charge in [-0.05, 0) is 87.4 Å². The number of hydrogen-bond acceptors (Lipinski definition) is 8. The summed E-state index contributed by atoms with van der Waals surface area (Å²) in [5.74, 6) is 0.505. The van der Waals surface area contributed by atoms with Crippen LogP contribution < -0.4 is 21.1 Å². The lowest BCUT2D eigenvalue weighted by molar-refractivity contribution is -0.125. The van der Waals surface area contributed by atoms with Gasteiger partial charge in [0, 0.05) is 62.7 Å². The zero-order valence-corrected chi connectivity index (χ0v) is 24.9. The van der Waals surface area contributed by atoms with Crippen molar-refractivity contribution >= 4 is 23.9 Å². The van der Waals surface area contributed by atoms with E-state index in [2.05, 4.69) is 10.6 Å². The van der Waals surface area contributed by atoms with E-state index in [-0.39, 0.29) is 30.3 Å². The molecule has 42 heavy (non-hydrogen) atoms. The third-order valence-corrected chi connectivity index (χ3v) is 7.22. The number of fused-ring (bicyclic) bond motifs is 1. The number of benzene rings is 2. The van der Waals surface area contributed by atoms with Crippen LogP contribution in [0.4, 0.5) is 5.69 Å². The number of anilines is 1. The lowest BCUT2D eigenvalue weighted by atomic mass is 10.1. The Bertz CT molecular complexity index is 1140. The molecule has 230 valence electrons. The zero-order chi connectivity index (χ0) is 30.2. The van der Waals surface area contributed by atoms with Crippen molar-refractivity contribution in [3.05, 3.63) is 59.2 Å². The fourth-order valence-corrected chi connectivity index (χ4v) is 4.74. The number of amides is 3. The summed E-state index contributed by atoms with van der Waals surface area (Å²) in [6.07, 6.45) is 4.98. The predicted molar refractivity (Wildman–Crippen MR) is 162 cm³/mol. The van der Waals surface area contributed by atoms with E-state index in [1.165, 1.54) is 0 Å². The Kier molecular flexibility index (Phi) is 14.3. The van der Waals surface area contributed by atoms with Gasteiger partial charge in [0.05, 0.1) is 13.2 Å². The number of carbonyl (C=O) groups is 3. The summed E-state index contributed by atoms with van der Waals surface area (Å²) in [6.45, 7) is 8.40. The molecular weight excluding hydrogens is 536 g/mol.